The van der Waals surface area contributed by atoms with Gasteiger partial charge in [-0.15, -0.1) is 0 Å². The van der Waals surface area contributed by atoms with Crippen LogP contribution in [0.15, 0.2) is 0 Å². The third kappa shape index (κ3) is 6.78. The van der Waals surface area contributed by atoms with Gasteiger partial charge in [-0.05, 0) is 71.1 Å². The number of alkyl carbamates (subject to hydrolysis) is 1. The monoisotopic (exact) mass is 369 g/mol. The molecule has 2 saturated carbocycles. The molecule has 5 atom stereocenters. The lowest BCUT2D eigenvalue weighted by atomic mass is 9.77. The maximum absolute atomic E-state index is 11.7. The van der Waals surface area contributed by atoms with Crippen LogP contribution in [0.1, 0.15) is 66.2 Å². The van der Waals surface area contributed by atoms with Crippen LogP contribution in [0.25, 0.3) is 0 Å². The molecule has 1 amide bonds. The SMILES string of the molecule is C[C@@H](C(=O)O)[C@@H](C[C@@H]1C[C@@H]2CC[C@@H](C2)C1)OCCNC(=O)OC(C)(C)C. The van der Waals surface area contributed by atoms with E-state index < -0.39 is 23.6 Å². The van der Waals surface area contributed by atoms with E-state index in [4.69, 9.17) is 9.47 Å². The fraction of sp³-hybridized carbons (Fsp3) is 0.900. The summed E-state index contributed by atoms with van der Waals surface area (Å²) in [5, 5.41) is 12.1. The quantitative estimate of drug-likeness (QED) is 0.635. The molecule has 2 bridgehead atoms. The highest BCUT2D eigenvalue weighted by Crippen LogP contribution is 2.46. The molecule has 0 spiro atoms. The minimum atomic E-state index is -0.825. The summed E-state index contributed by atoms with van der Waals surface area (Å²) in [6.07, 6.45) is 6.45. The van der Waals surface area contributed by atoms with Crippen molar-refractivity contribution in [2.75, 3.05) is 13.2 Å². The number of ether oxygens (including phenoxy) is 2. The summed E-state index contributed by atoms with van der Waals surface area (Å²) in [6, 6.07) is 0. The van der Waals surface area contributed by atoms with Crippen molar-refractivity contribution in [1.82, 2.24) is 5.32 Å². The minimum Gasteiger partial charge on any atom is -0.481 e. The zero-order valence-corrected chi connectivity index (χ0v) is 16.6. The van der Waals surface area contributed by atoms with Crippen LogP contribution in [0, 0.1) is 23.7 Å². The summed E-state index contributed by atoms with van der Waals surface area (Å²) in [7, 11) is 0. The van der Waals surface area contributed by atoms with Crippen molar-refractivity contribution in [1.29, 1.82) is 0 Å². The lowest BCUT2D eigenvalue weighted by molar-refractivity contribution is -0.147. The van der Waals surface area contributed by atoms with Crippen LogP contribution in [0.3, 0.4) is 0 Å². The van der Waals surface area contributed by atoms with Crippen LogP contribution in [-0.4, -0.2) is 42.0 Å². The summed E-state index contributed by atoms with van der Waals surface area (Å²) in [5.41, 5.74) is -0.536. The summed E-state index contributed by atoms with van der Waals surface area (Å²) in [5.74, 6) is 0.846. The van der Waals surface area contributed by atoms with E-state index in [0.717, 1.165) is 18.3 Å². The van der Waals surface area contributed by atoms with Gasteiger partial charge in [0, 0.05) is 6.54 Å². The summed E-state index contributed by atoms with van der Waals surface area (Å²) >= 11 is 0. The van der Waals surface area contributed by atoms with Crippen LogP contribution in [0.5, 0.6) is 0 Å². The average molecular weight is 370 g/mol. The van der Waals surface area contributed by atoms with E-state index in [1.165, 1.54) is 32.1 Å². The third-order valence-corrected chi connectivity index (χ3v) is 5.60. The van der Waals surface area contributed by atoms with Crippen molar-refractivity contribution in [3.63, 3.8) is 0 Å². The molecule has 2 aliphatic rings. The first-order valence-corrected chi connectivity index (χ1v) is 9.95. The molecule has 0 aromatic carbocycles. The van der Waals surface area contributed by atoms with Gasteiger partial charge in [0.25, 0.3) is 0 Å². The number of amides is 1. The van der Waals surface area contributed by atoms with Gasteiger partial charge in [-0.25, -0.2) is 4.79 Å². The zero-order chi connectivity index (χ0) is 19.3. The van der Waals surface area contributed by atoms with Gasteiger partial charge in [-0.1, -0.05) is 12.8 Å². The largest absolute Gasteiger partial charge is 0.481 e. The summed E-state index contributed by atoms with van der Waals surface area (Å²) < 4.78 is 11.1. The summed E-state index contributed by atoms with van der Waals surface area (Å²) in [6.45, 7) is 7.75. The second-order valence-corrected chi connectivity index (χ2v) is 9.08. The van der Waals surface area contributed by atoms with E-state index in [1.54, 1.807) is 6.92 Å². The number of nitrogens with one attached hydrogen (secondary N) is 1. The highest BCUT2D eigenvalue weighted by Gasteiger charge is 2.36. The highest BCUT2D eigenvalue weighted by atomic mass is 16.6. The third-order valence-electron chi connectivity index (χ3n) is 5.60. The molecular weight excluding hydrogens is 334 g/mol. The van der Waals surface area contributed by atoms with Crippen LogP contribution >= 0.6 is 0 Å². The standard InChI is InChI=1S/C20H35NO5/c1-13(18(22)23)17(12-16-10-14-5-6-15(9-14)11-16)25-8-7-21-19(24)26-20(2,3)4/h13-17H,5-12H2,1-4H3,(H,21,24)(H,22,23)/t13-,14-,15+,16-,17-/m1/s1. The van der Waals surface area contributed by atoms with Crippen molar-refractivity contribution in [2.45, 2.75) is 77.9 Å². The van der Waals surface area contributed by atoms with Crippen molar-refractivity contribution in [2.24, 2.45) is 23.7 Å². The fourth-order valence-corrected chi connectivity index (χ4v) is 4.42. The molecule has 0 aliphatic heterocycles. The smallest absolute Gasteiger partial charge is 0.407 e. The van der Waals surface area contributed by atoms with Crippen molar-refractivity contribution < 1.29 is 24.2 Å². The molecule has 150 valence electrons. The molecule has 0 aromatic heterocycles. The molecule has 0 saturated heterocycles. The molecule has 2 fully saturated rings. The number of carboxylic acid groups (broad SMARTS) is 1. The van der Waals surface area contributed by atoms with E-state index in [0.29, 0.717) is 19.1 Å². The molecular formula is C20H35NO5. The van der Waals surface area contributed by atoms with Gasteiger partial charge in [-0.2, -0.15) is 0 Å². The van der Waals surface area contributed by atoms with Gasteiger partial charge in [0.1, 0.15) is 5.60 Å². The molecule has 0 radical (unpaired) electrons. The predicted molar refractivity (Wildman–Crippen MR) is 98.9 cm³/mol. The highest BCUT2D eigenvalue weighted by molar-refractivity contribution is 5.70. The number of carbonyl (C=O) groups is 2. The van der Waals surface area contributed by atoms with Crippen LogP contribution < -0.4 is 5.32 Å². The fourth-order valence-electron chi connectivity index (χ4n) is 4.42. The number of hydrogen-bond donors (Lipinski definition) is 2. The van der Waals surface area contributed by atoms with Crippen molar-refractivity contribution >= 4 is 12.1 Å². The molecule has 2 aliphatic carbocycles. The Balaban J connectivity index is 1.78. The first-order valence-electron chi connectivity index (χ1n) is 9.95. The summed E-state index contributed by atoms with van der Waals surface area (Å²) in [4.78, 5) is 23.1. The number of carbonyl (C=O) groups excluding carboxylic acids is 1. The molecule has 0 heterocycles. The van der Waals surface area contributed by atoms with Gasteiger partial charge in [-0.3, -0.25) is 4.79 Å². The van der Waals surface area contributed by atoms with E-state index >= 15 is 0 Å². The van der Waals surface area contributed by atoms with Gasteiger partial charge < -0.3 is 19.9 Å². The van der Waals surface area contributed by atoms with E-state index in [-0.39, 0.29) is 6.10 Å². The molecule has 26 heavy (non-hydrogen) atoms. The Hall–Kier alpha value is -1.30. The van der Waals surface area contributed by atoms with Gasteiger partial charge >= 0.3 is 12.1 Å². The minimum absolute atomic E-state index is 0.293. The Morgan fingerprint density at radius 2 is 1.77 bits per heavy atom. The lowest BCUT2D eigenvalue weighted by Gasteiger charge is -2.32. The van der Waals surface area contributed by atoms with E-state index in [9.17, 15) is 14.7 Å². The Morgan fingerprint density at radius 1 is 1.15 bits per heavy atom. The molecule has 2 N–H and O–H groups in total. The lowest BCUT2D eigenvalue weighted by Crippen LogP contribution is -2.37. The van der Waals surface area contributed by atoms with Crippen molar-refractivity contribution in [3.8, 4) is 0 Å². The Labute approximate surface area is 157 Å². The first kappa shape index (κ1) is 21.0. The van der Waals surface area contributed by atoms with Crippen LogP contribution in [0.4, 0.5) is 4.79 Å². The molecule has 0 unspecified atom stereocenters. The predicted octanol–water partition coefficient (Wildman–Crippen LogP) is 3.83. The molecule has 6 heteroatoms. The maximum Gasteiger partial charge on any atom is 0.407 e. The maximum atomic E-state index is 11.7. The number of carboxylic acids is 1. The van der Waals surface area contributed by atoms with E-state index in [1.807, 2.05) is 20.8 Å². The number of aliphatic carboxylic acids is 1. The van der Waals surface area contributed by atoms with Crippen LogP contribution in [-0.2, 0) is 14.3 Å². The topological polar surface area (TPSA) is 84.9 Å². The average Bonchev–Trinajstić information content (AvgIpc) is 2.86. The zero-order valence-electron chi connectivity index (χ0n) is 16.6. The Kier molecular flexibility index (Phi) is 7.33. The van der Waals surface area contributed by atoms with Gasteiger partial charge in [0.15, 0.2) is 0 Å². The number of fused-ring (bicyclic) bond motifs is 2. The Morgan fingerprint density at radius 3 is 2.31 bits per heavy atom. The van der Waals surface area contributed by atoms with E-state index in [2.05, 4.69) is 5.32 Å². The second-order valence-electron chi connectivity index (χ2n) is 9.08. The van der Waals surface area contributed by atoms with Gasteiger partial charge in [0.05, 0.1) is 18.6 Å². The molecule has 2 rings (SSSR count). The van der Waals surface area contributed by atoms with Crippen LogP contribution in [0.2, 0.25) is 0 Å². The number of rotatable bonds is 8. The second kappa shape index (κ2) is 9.07. The van der Waals surface area contributed by atoms with Gasteiger partial charge in [0.2, 0.25) is 0 Å². The first-order chi connectivity index (χ1) is 12.1. The Bertz CT molecular complexity index is 475. The molecule has 0 aromatic rings. The normalized spacial score (nSPS) is 27.6. The number of hydrogen-bond acceptors (Lipinski definition) is 4. The molecule has 6 nitrogen and oxygen atoms in total. The van der Waals surface area contributed by atoms with Crippen molar-refractivity contribution in [3.05, 3.63) is 0 Å².